The van der Waals surface area contributed by atoms with Crippen LogP contribution in [0.15, 0.2) is 16.3 Å². The number of piperazine rings is 1. The van der Waals surface area contributed by atoms with Gasteiger partial charge in [0.25, 0.3) is 10.0 Å². The predicted octanol–water partition coefficient (Wildman–Crippen LogP) is 0.791. The lowest BCUT2D eigenvalue weighted by Crippen LogP contribution is -2.53. The summed E-state index contributed by atoms with van der Waals surface area (Å²) < 4.78 is 27.2. The van der Waals surface area contributed by atoms with Crippen LogP contribution in [0, 0.1) is 11.8 Å². The lowest BCUT2D eigenvalue weighted by atomic mass is 9.78. The maximum Gasteiger partial charge on any atom is 0.252 e. The Bertz CT molecular complexity index is 786. The molecule has 2 aliphatic rings. The number of carboxylic acid groups (broad SMARTS) is 1. The molecule has 0 aromatic carbocycles. The highest BCUT2D eigenvalue weighted by Gasteiger charge is 2.37. The van der Waals surface area contributed by atoms with Gasteiger partial charge < -0.3 is 14.8 Å². The SMILES string of the molecule is O=C([O-])[C@H]1CCCC[C@@H]1C(=O)N1CCN(S(=O)(=O)c2ccc(Cl)s2)CC1. The van der Waals surface area contributed by atoms with Gasteiger partial charge in [0.15, 0.2) is 0 Å². The van der Waals surface area contributed by atoms with Crippen LogP contribution in [0.2, 0.25) is 4.34 Å². The molecule has 1 saturated heterocycles. The summed E-state index contributed by atoms with van der Waals surface area (Å²) in [6, 6.07) is 3.02. The van der Waals surface area contributed by atoms with Crippen molar-refractivity contribution in [3.05, 3.63) is 16.5 Å². The van der Waals surface area contributed by atoms with Crippen molar-refractivity contribution in [1.29, 1.82) is 0 Å². The summed E-state index contributed by atoms with van der Waals surface area (Å²) in [6.07, 6.45) is 2.63. The largest absolute Gasteiger partial charge is 0.550 e. The van der Waals surface area contributed by atoms with Gasteiger partial charge in [-0.25, -0.2) is 8.42 Å². The van der Waals surface area contributed by atoms with Crippen LogP contribution in [0.25, 0.3) is 0 Å². The molecule has 26 heavy (non-hydrogen) atoms. The number of hydrogen-bond acceptors (Lipinski definition) is 6. The summed E-state index contributed by atoms with van der Waals surface area (Å²) in [5.74, 6) is -2.67. The van der Waals surface area contributed by atoms with Gasteiger partial charge in [0.05, 0.1) is 4.34 Å². The third-order valence-corrected chi connectivity index (χ3v) is 8.68. The topological polar surface area (TPSA) is 97.8 Å². The van der Waals surface area contributed by atoms with E-state index in [0.717, 1.165) is 24.2 Å². The average Bonchev–Trinajstić information content (AvgIpc) is 3.08. The van der Waals surface area contributed by atoms with Crippen molar-refractivity contribution >= 4 is 44.8 Å². The Morgan fingerprint density at radius 1 is 1.08 bits per heavy atom. The van der Waals surface area contributed by atoms with Gasteiger partial charge in [0, 0.05) is 44.0 Å². The molecule has 2 heterocycles. The third-order valence-electron chi connectivity index (χ3n) is 5.08. The van der Waals surface area contributed by atoms with Gasteiger partial charge in [-0.1, -0.05) is 24.4 Å². The summed E-state index contributed by atoms with van der Waals surface area (Å²) in [5.41, 5.74) is 0. The highest BCUT2D eigenvalue weighted by atomic mass is 35.5. The molecule has 3 rings (SSSR count). The molecule has 0 spiro atoms. The van der Waals surface area contributed by atoms with E-state index < -0.39 is 27.8 Å². The van der Waals surface area contributed by atoms with Crippen molar-refractivity contribution in [2.75, 3.05) is 26.2 Å². The molecule has 7 nitrogen and oxygen atoms in total. The fraction of sp³-hybridized carbons (Fsp3) is 0.625. The first-order valence-corrected chi connectivity index (χ1v) is 11.2. The first-order valence-electron chi connectivity index (χ1n) is 8.56. The Balaban J connectivity index is 1.64. The number of nitrogens with zero attached hydrogens (tertiary/aromatic N) is 2. The summed E-state index contributed by atoms with van der Waals surface area (Å²) >= 11 is 6.83. The minimum Gasteiger partial charge on any atom is -0.550 e. The van der Waals surface area contributed by atoms with Crippen molar-refractivity contribution in [3.8, 4) is 0 Å². The quantitative estimate of drug-likeness (QED) is 0.718. The van der Waals surface area contributed by atoms with E-state index in [1.54, 1.807) is 11.0 Å². The second-order valence-corrected chi connectivity index (χ2v) is 10.5. The predicted molar refractivity (Wildman–Crippen MR) is 95.1 cm³/mol. The second-order valence-electron chi connectivity index (χ2n) is 6.60. The van der Waals surface area contributed by atoms with Crippen LogP contribution in [-0.4, -0.2) is 55.7 Å². The lowest BCUT2D eigenvalue weighted by Gasteiger charge is -2.39. The molecule has 144 valence electrons. The zero-order valence-corrected chi connectivity index (χ0v) is 16.5. The smallest absolute Gasteiger partial charge is 0.252 e. The van der Waals surface area contributed by atoms with Crippen LogP contribution >= 0.6 is 22.9 Å². The monoisotopic (exact) mass is 419 g/mol. The minimum absolute atomic E-state index is 0.187. The van der Waals surface area contributed by atoms with Crippen LogP contribution in [-0.2, 0) is 19.6 Å². The van der Waals surface area contributed by atoms with Gasteiger partial charge in [-0.3, -0.25) is 4.79 Å². The van der Waals surface area contributed by atoms with E-state index in [2.05, 4.69) is 0 Å². The number of carbonyl (C=O) groups is 2. The molecule has 1 saturated carbocycles. The normalized spacial score (nSPS) is 25.2. The Labute approximate surface area is 161 Å². The van der Waals surface area contributed by atoms with Crippen LogP contribution in [0.5, 0.6) is 0 Å². The summed E-state index contributed by atoms with van der Waals surface area (Å²) in [6.45, 7) is 0.888. The second kappa shape index (κ2) is 7.84. The first kappa shape index (κ1) is 19.6. The molecule has 1 aromatic rings. The van der Waals surface area contributed by atoms with Gasteiger partial charge in [-0.15, -0.1) is 11.3 Å². The zero-order valence-electron chi connectivity index (χ0n) is 14.1. The van der Waals surface area contributed by atoms with E-state index in [0.29, 0.717) is 17.2 Å². The summed E-state index contributed by atoms with van der Waals surface area (Å²) in [5, 5.41) is 11.3. The zero-order chi connectivity index (χ0) is 18.9. The fourth-order valence-electron chi connectivity index (χ4n) is 3.66. The molecule has 0 radical (unpaired) electrons. The Morgan fingerprint density at radius 3 is 2.23 bits per heavy atom. The fourth-order valence-corrected chi connectivity index (χ4v) is 6.71. The molecule has 0 unspecified atom stereocenters. The number of carbonyl (C=O) groups excluding carboxylic acids is 2. The van der Waals surface area contributed by atoms with Crippen molar-refractivity contribution in [1.82, 2.24) is 9.21 Å². The number of rotatable bonds is 4. The van der Waals surface area contributed by atoms with Crippen molar-refractivity contribution in [2.24, 2.45) is 11.8 Å². The van der Waals surface area contributed by atoms with E-state index in [-0.39, 0.29) is 36.3 Å². The highest BCUT2D eigenvalue weighted by molar-refractivity contribution is 7.91. The maximum atomic E-state index is 12.7. The van der Waals surface area contributed by atoms with Gasteiger partial charge in [0.2, 0.25) is 5.91 Å². The molecule has 1 amide bonds. The van der Waals surface area contributed by atoms with E-state index in [9.17, 15) is 23.1 Å². The number of thiophene rings is 1. The molecule has 1 aromatic heterocycles. The van der Waals surface area contributed by atoms with Gasteiger partial charge in [0.1, 0.15) is 4.21 Å². The van der Waals surface area contributed by atoms with E-state index >= 15 is 0 Å². The summed E-state index contributed by atoms with van der Waals surface area (Å²) in [4.78, 5) is 25.6. The molecular formula is C16H20ClN2O5S2-. The highest BCUT2D eigenvalue weighted by Crippen LogP contribution is 2.32. The van der Waals surface area contributed by atoms with E-state index in [4.69, 9.17) is 11.6 Å². The van der Waals surface area contributed by atoms with Crippen LogP contribution in [0.4, 0.5) is 0 Å². The van der Waals surface area contributed by atoms with E-state index in [1.807, 2.05) is 0 Å². The van der Waals surface area contributed by atoms with Gasteiger partial charge in [-0.05, 0) is 25.0 Å². The number of amides is 1. The number of hydrogen-bond donors (Lipinski definition) is 0. The Morgan fingerprint density at radius 2 is 1.69 bits per heavy atom. The molecule has 1 aliphatic heterocycles. The van der Waals surface area contributed by atoms with Crippen molar-refractivity contribution < 1.29 is 23.1 Å². The number of carboxylic acids is 1. The number of aliphatic carboxylic acids is 1. The Kier molecular flexibility index (Phi) is 5.91. The first-order chi connectivity index (χ1) is 12.3. The molecule has 2 fully saturated rings. The van der Waals surface area contributed by atoms with Crippen LogP contribution < -0.4 is 5.11 Å². The van der Waals surface area contributed by atoms with Gasteiger partial charge in [-0.2, -0.15) is 4.31 Å². The Hall–Kier alpha value is -1.16. The molecule has 2 atom stereocenters. The number of sulfonamides is 1. The lowest BCUT2D eigenvalue weighted by molar-refractivity contribution is -0.314. The van der Waals surface area contributed by atoms with Crippen LogP contribution in [0.1, 0.15) is 25.7 Å². The van der Waals surface area contributed by atoms with Gasteiger partial charge >= 0.3 is 0 Å². The molecule has 0 N–H and O–H groups in total. The number of halogens is 1. The molecule has 1 aliphatic carbocycles. The standard InChI is InChI=1S/C16H21ClN2O5S2/c17-13-5-6-14(25-13)26(23,24)19-9-7-18(8-10-19)15(20)11-3-1-2-4-12(11)16(21)22/h5-6,11-12H,1-4,7-10H2,(H,21,22)/p-1/t11-,12-/m0/s1. The summed E-state index contributed by atoms with van der Waals surface area (Å²) in [7, 11) is -3.61. The molecule has 0 bridgehead atoms. The minimum atomic E-state index is -3.61. The molecular weight excluding hydrogens is 400 g/mol. The van der Waals surface area contributed by atoms with Crippen LogP contribution in [0.3, 0.4) is 0 Å². The van der Waals surface area contributed by atoms with Crippen molar-refractivity contribution in [3.63, 3.8) is 0 Å². The average molecular weight is 420 g/mol. The molecule has 10 heteroatoms. The van der Waals surface area contributed by atoms with Crippen molar-refractivity contribution in [2.45, 2.75) is 29.9 Å². The maximum absolute atomic E-state index is 12.7. The third kappa shape index (κ3) is 3.90. The van der Waals surface area contributed by atoms with E-state index in [1.165, 1.54) is 10.4 Å².